The van der Waals surface area contributed by atoms with Crippen LogP contribution in [-0.4, -0.2) is 50.0 Å². The second-order valence-corrected chi connectivity index (χ2v) is 12.6. The normalized spacial score (nSPS) is 12.2. The Morgan fingerprint density at radius 3 is 2.17 bits per heavy atom. The molecule has 1 N–H and O–H groups in total. The van der Waals surface area contributed by atoms with E-state index in [0.29, 0.717) is 27.7 Å². The first-order chi connectivity index (χ1) is 18.9. The van der Waals surface area contributed by atoms with Crippen molar-refractivity contribution < 1.29 is 18.0 Å². The lowest BCUT2D eigenvalue weighted by molar-refractivity contribution is -0.140. The first kappa shape index (κ1) is 31.5. The summed E-state index contributed by atoms with van der Waals surface area (Å²) in [4.78, 5) is 29.2. The third-order valence-electron chi connectivity index (χ3n) is 6.38. The zero-order chi connectivity index (χ0) is 29.4. The second kappa shape index (κ2) is 14.0. The van der Waals surface area contributed by atoms with Crippen LogP contribution >= 0.6 is 23.2 Å². The van der Waals surface area contributed by atoms with Crippen molar-refractivity contribution >= 4 is 50.7 Å². The van der Waals surface area contributed by atoms with Crippen molar-refractivity contribution in [1.29, 1.82) is 0 Å². The number of hydrogen-bond donors (Lipinski definition) is 1. The summed E-state index contributed by atoms with van der Waals surface area (Å²) in [7, 11) is -3.85. The van der Waals surface area contributed by atoms with Gasteiger partial charge in [0, 0.05) is 29.1 Å². The van der Waals surface area contributed by atoms with Gasteiger partial charge in [0.05, 0.1) is 11.9 Å². The molecule has 3 aromatic rings. The van der Waals surface area contributed by atoms with Gasteiger partial charge in [-0.1, -0.05) is 84.7 Å². The van der Waals surface area contributed by atoms with E-state index in [1.165, 1.54) is 4.90 Å². The monoisotopic (exact) mass is 603 g/mol. The molecule has 214 valence electrons. The molecule has 0 heterocycles. The molecule has 0 aliphatic carbocycles. The number of carbonyl (C=O) groups excluding carboxylic acids is 2. The molecule has 0 unspecified atom stereocenters. The lowest BCUT2D eigenvalue weighted by atomic mass is 10.0. The Bertz CT molecular complexity index is 1430. The standard InChI is InChI=1S/C30H35Cl2N3O4S/c1-5-23-13-9-10-14-27(23)35(40(4,38)39)20-29(36)34(19-24-15-16-25(31)18-26(24)32)28(30(37)33-21(2)3)17-22-11-7-6-8-12-22/h6-16,18,21,28H,5,17,19-20H2,1-4H3,(H,33,37)/t28-/m1/s1. The summed E-state index contributed by atoms with van der Waals surface area (Å²) in [6.07, 6.45) is 1.87. The minimum atomic E-state index is -3.85. The van der Waals surface area contributed by atoms with Gasteiger partial charge in [-0.15, -0.1) is 0 Å². The maximum Gasteiger partial charge on any atom is 0.244 e. The Labute approximate surface area is 247 Å². The molecule has 0 spiro atoms. The van der Waals surface area contributed by atoms with Crippen LogP contribution in [0.2, 0.25) is 10.0 Å². The minimum Gasteiger partial charge on any atom is -0.352 e. The summed E-state index contributed by atoms with van der Waals surface area (Å²) >= 11 is 12.6. The average molecular weight is 605 g/mol. The highest BCUT2D eigenvalue weighted by Crippen LogP contribution is 2.27. The number of rotatable bonds is 12. The first-order valence-corrected chi connectivity index (χ1v) is 15.6. The van der Waals surface area contributed by atoms with E-state index in [-0.39, 0.29) is 24.9 Å². The van der Waals surface area contributed by atoms with Crippen molar-refractivity contribution in [3.63, 3.8) is 0 Å². The number of hydrogen-bond acceptors (Lipinski definition) is 4. The van der Waals surface area contributed by atoms with Gasteiger partial charge in [0.1, 0.15) is 12.6 Å². The van der Waals surface area contributed by atoms with Gasteiger partial charge in [-0.3, -0.25) is 13.9 Å². The summed E-state index contributed by atoms with van der Waals surface area (Å²) in [5, 5.41) is 3.69. The SMILES string of the molecule is CCc1ccccc1N(CC(=O)N(Cc1ccc(Cl)cc1Cl)[C@H](Cc1ccccc1)C(=O)NC(C)C)S(C)(=O)=O. The smallest absolute Gasteiger partial charge is 0.244 e. The van der Waals surface area contributed by atoms with Crippen LogP contribution in [0.25, 0.3) is 0 Å². The fraction of sp³-hybridized carbons (Fsp3) is 0.333. The first-order valence-electron chi connectivity index (χ1n) is 13.0. The van der Waals surface area contributed by atoms with Gasteiger partial charge < -0.3 is 10.2 Å². The molecule has 0 aromatic heterocycles. The van der Waals surface area contributed by atoms with E-state index in [1.807, 2.05) is 63.2 Å². The number of para-hydroxylation sites is 1. The molecule has 0 bridgehead atoms. The van der Waals surface area contributed by atoms with Gasteiger partial charge >= 0.3 is 0 Å². The predicted octanol–water partition coefficient (Wildman–Crippen LogP) is 5.49. The Hall–Kier alpha value is -3.07. The number of aryl methyl sites for hydroxylation is 1. The van der Waals surface area contributed by atoms with Crippen LogP contribution in [0.4, 0.5) is 5.69 Å². The molecule has 3 aromatic carbocycles. The van der Waals surface area contributed by atoms with E-state index in [0.717, 1.165) is 21.7 Å². The Morgan fingerprint density at radius 1 is 0.925 bits per heavy atom. The molecule has 3 rings (SSSR count). The van der Waals surface area contributed by atoms with Crippen molar-refractivity contribution in [2.24, 2.45) is 0 Å². The van der Waals surface area contributed by atoms with Crippen LogP contribution in [-0.2, 0) is 39.0 Å². The Morgan fingerprint density at radius 2 is 1.57 bits per heavy atom. The van der Waals surface area contributed by atoms with Gasteiger partial charge in [-0.25, -0.2) is 8.42 Å². The lowest BCUT2D eigenvalue weighted by Gasteiger charge is -2.34. The van der Waals surface area contributed by atoms with Gasteiger partial charge in [-0.05, 0) is 55.2 Å². The Kier molecular flexibility index (Phi) is 11.0. The van der Waals surface area contributed by atoms with Crippen LogP contribution in [0.15, 0.2) is 72.8 Å². The molecule has 2 amide bonds. The van der Waals surface area contributed by atoms with E-state index in [2.05, 4.69) is 5.32 Å². The van der Waals surface area contributed by atoms with Crippen LogP contribution in [0.3, 0.4) is 0 Å². The highest BCUT2D eigenvalue weighted by molar-refractivity contribution is 7.92. The number of amides is 2. The van der Waals surface area contributed by atoms with Crippen molar-refractivity contribution in [1.82, 2.24) is 10.2 Å². The van der Waals surface area contributed by atoms with E-state index in [1.54, 1.807) is 30.3 Å². The topological polar surface area (TPSA) is 86.8 Å². The van der Waals surface area contributed by atoms with Crippen LogP contribution < -0.4 is 9.62 Å². The maximum atomic E-state index is 14.1. The summed E-state index contributed by atoms with van der Waals surface area (Å²) in [6.45, 7) is 5.09. The summed E-state index contributed by atoms with van der Waals surface area (Å²) in [5.41, 5.74) is 2.64. The van der Waals surface area contributed by atoms with E-state index >= 15 is 0 Å². The van der Waals surface area contributed by atoms with Gasteiger partial charge in [0.25, 0.3) is 0 Å². The molecular weight excluding hydrogens is 569 g/mol. The molecule has 10 heteroatoms. The molecule has 0 saturated heterocycles. The summed E-state index contributed by atoms with van der Waals surface area (Å²) < 4.78 is 27.1. The largest absolute Gasteiger partial charge is 0.352 e. The fourth-order valence-corrected chi connectivity index (χ4v) is 5.76. The number of halogens is 2. The lowest BCUT2D eigenvalue weighted by Crippen LogP contribution is -2.54. The third-order valence-corrected chi connectivity index (χ3v) is 8.09. The summed E-state index contributed by atoms with van der Waals surface area (Å²) in [6, 6.07) is 20.3. The van der Waals surface area contributed by atoms with Gasteiger partial charge in [0.15, 0.2) is 0 Å². The van der Waals surface area contributed by atoms with Gasteiger partial charge in [-0.2, -0.15) is 0 Å². The molecule has 7 nitrogen and oxygen atoms in total. The second-order valence-electron chi connectivity index (χ2n) is 9.88. The molecular formula is C30H35Cl2N3O4S. The number of nitrogens with one attached hydrogen (secondary N) is 1. The van der Waals surface area contributed by atoms with Crippen molar-refractivity contribution in [3.05, 3.63) is 99.5 Å². The highest BCUT2D eigenvalue weighted by Gasteiger charge is 2.34. The van der Waals surface area contributed by atoms with Crippen LogP contribution in [0.5, 0.6) is 0 Å². The van der Waals surface area contributed by atoms with E-state index in [4.69, 9.17) is 23.2 Å². The number of sulfonamides is 1. The summed E-state index contributed by atoms with van der Waals surface area (Å²) in [5.74, 6) is -0.890. The van der Waals surface area contributed by atoms with Crippen molar-refractivity contribution in [3.8, 4) is 0 Å². The van der Waals surface area contributed by atoms with Crippen molar-refractivity contribution in [2.75, 3.05) is 17.1 Å². The van der Waals surface area contributed by atoms with Gasteiger partial charge in [0.2, 0.25) is 21.8 Å². The number of anilines is 1. The molecule has 0 saturated carbocycles. The molecule has 0 aliphatic heterocycles. The van der Waals surface area contributed by atoms with Crippen LogP contribution in [0, 0.1) is 0 Å². The zero-order valence-electron chi connectivity index (χ0n) is 23.1. The van der Waals surface area contributed by atoms with Crippen LogP contribution in [0.1, 0.15) is 37.5 Å². The minimum absolute atomic E-state index is 0.0229. The maximum absolute atomic E-state index is 14.1. The predicted molar refractivity (Wildman–Crippen MR) is 162 cm³/mol. The third kappa shape index (κ3) is 8.46. The highest BCUT2D eigenvalue weighted by atomic mass is 35.5. The van der Waals surface area contributed by atoms with E-state index < -0.39 is 28.5 Å². The quantitative estimate of drug-likeness (QED) is 0.297. The number of benzene rings is 3. The fourth-order valence-electron chi connectivity index (χ4n) is 4.42. The number of carbonyl (C=O) groups is 2. The van der Waals surface area contributed by atoms with Crippen molar-refractivity contribution in [2.45, 2.75) is 52.2 Å². The molecule has 1 atom stereocenters. The van der Waals surface area contributed by atoms with E-state index in [9.17, 15) is 18.0 Å². The molecule has 0 fully saturated rings. The molecule has 40 heavy (non-hydrogen) atoms. The Balaban J connectivity index is 2.10. The molecule has 0 radical (unpaired) electrons. The molecule has 0 aliphatic rings. The number of nitrogens with zero attached hydrogens (tertiary/aromatic N) is 2. The zero-order valence-corrected chi connectivity index (χ0v) is 25.4. The average Bonchev–Trinajstić information content (AvgIpc) is 2.89.